The first-order valence-corrected chi connectivity index (χ1v) is 58.1. The van der Waals surface area contributed by atoms with Crippen LogP contribution in [-0.4, -0.2) is 50.3 Å². The number of carbonyl (C=O) groups is 4. The zero-order chi connectivity index (χ0) is 90.7. The number of esters is 4. The lowest BCUT2D eigenvalue weighted by Gasteiger charge is -2.33. The number of carbonyl (C=O) groups excluding carboxylic acids is 4. The van der Waals surface area contributed by atoms with Crippen molar-refractivity contribution in [1.82, 2.24) is 0 Å². The average molecular weight is 1760 g/mol. The summed E-state index contributed by atoms with van der Waals surface area (Å²) in [5.41, 5.74) is -1.27. The van der Waals surface area contributed by atoms with Gasteiger partial charge in [-0.15, -0.1) is 0 Å². The van der Waals surface area contributed by atoms with Crippen molar-refractivity contribution >= 4 is 23.9 Å². The maximum atomic E-state index is 14.1. The molecule has 4 unspecified atom stereocenters. The Kier molecular flexibility index (Phi) is 101. The Balaban J connectivity index is 5.65. The van der Waals surface area contributed by atoms with E-state index in [2.05, 4.69) is 27.7 Å². The Morgan fingerprint density at radius 2 is 0.224 bits per heavy atom. The van der Waals surface area contributed by atoms with Crippen molar-refractivity contribution in [3.05, 3.63) is 0 Å². The van der Waals surface area contributed by atoms with Crippen LogP contribution in [0.3, 0.4) is 0 Å². The van der Waals surface area contributed by atoms with Gasteiger partial charge in [-0.3, -0.25) is 19.2 Å². The van der Waals surface area contributed by atoms with Gasteiger partial charge in [0.1, 0.15) is 31.8 Å². The molecule has 0 aliphatic heterocycles. The van der Waals surface area contributed by atoms with E-state index in [1.54, 1.807) is 0 Å². The molecule has 744 valence electrons. The van der Waals surface area contributed by atoms with Gasteiger partial charge in [-0.05, 0) is 25.7 Å². The van der Waals surface area contributed by atoms with Crippen molar-refractivity contribution < 1.29 is 38.1 Å². The van der Waals surface area contributed by atoms with Crippen LogP contribution in [0.15, 0.2) is 0 Å². The minimum atomic E-state index is -1.27. The van der Waals surface area contributed by atoms with Crippen molar-refractivity contribution in [2.45, 2.75) is 672 Å². The first-order valence-electron chi connectivity index (χ1n) is 58.1. The maximum Gasteiger partial charge on any atom is 0.308 e. The third-order valence-corrected chi connectivity index (χ3v) is 28.7. The minimum absolute atomic E-state index is 0.182. The summed E-state index contributed by atoms with van der Waals surface area (Å²) in [6, 6.07) is 0. The lowest BCUT2D eigenvalue weighted by atomic mass is 9.91. The molecule has 0 amide bonds. The molecule has 8 heteroatoms. The van der Waals surface area contributed by atoms with E-state index >= 15 is 0 Å². The molecule has 4 atom stereocenters. The van der Waals surface area contributed by atoms with Crippen LogP contribution < -0.4 is 0 Å². The van der Waals surface area contributed by atoms with E-state index in [4.69, 9.17) is 18.9 Å². The van der Waals surface area contributed by atoms with Gasteiger partial charge in [0.05, 0.1) is 23.7 Å². The molecule has 8 nitrogen and oxygen atoms in total. The highest BCUT2D eigenvalue weighted by molar-refractivity contribution is 5.74. The van der Waals surface area contributed by atoms with Gasteiger partial charge in [0, 0.05) is 0 Å². The molecule has 0 bridgehead atoms. The second-order valence-corrected chi connectivity index (χ2v) is 41.8. The largest absolute Gasteiger partial charge is 0.464 e. The zero-order valence-electron chi connectivity index (χ0n) is 86.8. The Labute approximate surface area is 784 Å². The molecule has 0 rings (SSSR count). The molecule has 0 radical (unpaired) electrons. The molecule has 0 spiro atoms. The summed E-state index contributed by atoms with van der Waals surface area (Å²) in [7, 11) is 0. The van der Waals surface area contributed by atoms with Crippen LogP contribution in [0.4, 0.5) is 0 Å². The van der Waals surface area contributed by atoms with Crippen molar-refractivity contribution in [2.75, 3.05) is 26.4 Å². The molecule has 0 aromatic heterocycles. The predicted molar refractivity (Wildman–Crippen MR) is 549 cm³/mol. The summed E-state index contributed by atoms with van der Waals surface area (Å²) in [6.07, 6.45) is 127. The second kappa shape index (κ2) is 102. The SMILES string of the molecule is CCCCCCCCCCCCCCCCCCCCCCCCCC(C)C(=O)OCC(COC(=O)C(C)CCCCCCCCCCCCCCCCCCCCCCCCC)(COC(=O)C(C)CCCCCCCCCCCCCCCCCCCCCCCCC)COC(=O)C(C)CCCCCCCCCCCCCCCCCCCCCCCCC. The minimum Gasteiger partial charge on any atom is -0.464 e. The lowest BCUT2D eigenvalue weighted by Crippen LogP contribution is -2.45. The Hall–Kier alpha value is -2.12. The molecule has 125 heavy (non-hydrogen) atoms. The average Bonchev–Trinajstić information content (AvgIpc) is 0.841. The topological polar surface area (TPSA) is 105 Å². The van der Waals surface area contributed by atoms with E-state index in [1.807, 2.05) is 27.7 Å². The molecular formula is C117H228O8. The molecule has 0 N–H and O–H groups in total. The summed E-state index contributed by atoms with van der Waals surface area (Å²) in [5.74, 6) is -2.56. The van der Waals surface area contributed by atoms with Crippen LogP contribution >= 0.6 is 0 Å². The first-order chi connectivity index (χ1) is 61.5. The third kappa shape index (κ3) is 92.1. The standard InChI is InChI=1S/C117H228O8/c1-9-13-17-21-25-29-33-37-41-45-49-53-57-61-65-69-73-77-81-85-89-93-97-101-109(5)113(118)122-105-117(106-123-114(119)110(6)102-98-94-90-86-82-78-74-70-66-62-58-54-50-46-42-38-34-30-26-22-18-14-10-2,107-124-115(120)111(7)103-99-95-91-87-83-79-75-71-67-63-59-55-51-47-43-39-35-31-27-23-19-15-11-3)108-125-116(121)112(8)104-100-96-92-88-84-80-76-72-68-64-60-56-52-48-44-40-36-32-28-24-20-16-12-4/h109-112H,9-108H2,1-8H3. The molecule has 0 fully saturated rings. The van der Waals surface area contributed by atoms with Gasteiger partial charge in [-0.1, -0.05) is 646 Å². The van der Waals surface area contributed by atoms with Crippen molar-refractivity contribution in [3.63, 3.8) is 0 Å². The molecule has 0 aromatic rings. The van der Waals surface area contributed by atoms with Gasteiger partial charge in [0.25, 0.3) is 0 Å². The van der Waals surface area contributed by atoms with Crippen LogP contribution in [0, 0.1) is 29.1 Å². The van der Waals surface area contributed by atoms with E-state index in [9.17, 15) is 19.2 Å². The summed E-state index contributed by atoms with van der Waals surface area (Å²) < 4.78 is 25.1. The fourth-order valence-corrected chi connectivity index (χ4v) is 19.1. The van der Waals surface area contributed by atoms with Gasteiger partial charge in [-0.25, -0.2) is 0 Å². The molecule has 0 aliphatic rings. The summed E-state index contributed by atoms with van der Waals surface area (Å²) in [5, 5.41) is 0. The van der Waals surface area contributed by atoms with Crippen LogP contribution in [0.5, 0.6) is 0 Å². The fraction of sp³-hybridized carbons (Fsp3) is 0.966. The number of hydrogen-bond donors (Lipinski definition) is 0. The van der Waals surface area contributed by atoms with E-state index in [0.717, 1.165) is 77.0 Å². The molecule has 0 saturated carbocycles. The first kappa shape index (κ1) is 123. The van der Waals surface area contributed by atoms with Gasteiger partial charge >= 0.3 is 23.9 Å². The smallest absolute Gasteiger partial charge is 0.308 e. The lowest BCUT2D eigenvalue weighted by molar-refractivity contribution is -0.175. The van der Waals surface area contributed by atoms with Gasteiger partial charge in [0.15, 0.2) is 0 Å². The molecule has 0 aromatic carbocycles. The highest BCUT2D eigenvalue weighted by Crippen LogP contribution is 2.29. The Morgan fingerprint density at radius 3 is 0.312 bits per heavy atom. The van der Waals surface area contributed by atoms with Gasteiger partial charge in [0.2, 0.25) is 0 Å². The molecule has 0 aliphatic carbocycles. The summed E-state index contributed by atoms with van der Waals surface area (Å²) in [4.78, 5) is 56.6. The second-order valence-electron chi connectivity index (χ2n) is 41.8. The molecule has 0 saturated heterocycles. The number of ether oxygens (including phenoxy) is 4. The quantitative estimate of drug-likeness (QED) is 0.0337. The fourth-order valence-electron chi connectivity index (χ4n) is 19.1. The summed E-state index contributed by atoms with van der Waals surface area (Å²) in [6.45, 7) is 16.3. The molecular weight excluding hydrogens is 1530 g/mol. The number of hydrogen-bond acceptors (Lipinski definition) is 8. The van der Waals surface area contributed by atoms with Gasteiger partial charge < -0.3 is 18.9 Å². The van der Waals surface area contributed by atoms with E-state index in [-0.39, 0.29) is 74.0 Å². The van der Waals surface area contributed by atoms with Crippen LogP contribution in [0.2, 0.25) is 0 Å². The highest BCUT2D eigenvalue weighted by atomic mass is 16.6. The van der Waals surface area contributed by atoms with Crippen molar-refractivity contribution in [1.29, 1.82) is 0 Å². The Morgan fingerprint density at radius 1 is 0.144 bits per heavy atom. The third-order valence-electron chi connectivity index (χ3n) is 28.7. The summed E-state index contributed by atoms with van der Waals surface area (Å²) >= 11 is 0. The van der Waals surface area contributed by atoms with Crippen LogP contribution in [0.25, 0.3) is 0 Å². The normalized spacial score (nSPS) is 13.2. The maximum absolute atomic E-state index is 14.1. The molecule has 0 heterocycles. The van der Waals surface area contributed by atoms with E-state index in [0.29, 0.717) is 0 Å². The van der Waals surface area contributed by atoms with Crippen LogP contribution in [0.1, 0.15) is 672 Å². The van der Waals surface area contributed by atoms with Crippen LogP contribution in [-0.2, 0) is 38.1 Å². The van der Waals surface area contributed by atoms with E-state index in [1.165, 1.54) is 539 Å². The predicted octanol–water partition coefficient (Wildman–Crippen LogP) is 40.2. The number of unbranched alkanes of at least 4 members (excludes halogenated alkanes) is 88. The zero-order valence-corrected chi connectivity index (χ0v) is 86.8. The number of rotatable bonds is 108. The van der Waals surface area contributed by atoms with Crippen molar-refractivity contribution in [2.24, 2.45) is 29.1 Å². The van der Waals surface area contributed by atoms with Gasteiger partial charge in [-0.2, -0.15) is 0 Å². The van der Waals surface area contributed by atoms with E-state index < -0.39 is 5.41 Å². The Bertz CT molecular complexity index is 1830. The monoisotopic (exact) mass is 1760 g/mol. The highest BCUT2D eigenvalue weighted by Gasteiger charge is 2.40. The van der Waals surface area contributed by atoms with Crippen molar-refractivity contribution in [3.8, 4) is 0 Å².